The number of aromatic nitrogens is 5. The molecule has 0 saturated carbocycles. The minimum Gasteiger partial charge on any atom is -0.344 e. The number of carbonyl (C=O) groups excluding carboxylic acids is 2. The average molecular weight is 658 g/mol. The van der Waals surface area contributed by atoms with Gasteiger partial charge in [-0.3, -0.25) is 9.59 Å². The van der Waals surface area contributed by atoms with Gasteiger partial charge < -0.3 is 30.8 Å². The number of fused-ring (bicyclic) bond motifs is 1. The number of benzene rings is 2. The van der Waals surface area contributed by atoms with Crippen LogP contribution in [0.25, 0.3) is 33.7 Å². The fourth-order valence-electron chi connectivity index (χ4n) is 4.35. The summed E-state index contributed by atoms with van der Waals surface area (Å²) in [6, 6.07) is 13.9. The van der Waals surface area contributed by atoms with Crippen LogP contribution in [-0.4, -0.2) is 69.5 Å². The largest absolute Gasteiger partial charge is 0.344 e. The second-order valence-electron chi connectivity index (χ2n) is 11.5. The quantitative estimate of drug-likeness (QED) is 0.145. The van der Waals surface area contributed by atoms with E-state index in [1.807, 2.05) is 71.8 Å². The fourth-order valence-corrected chi connectivity index (χ4v) is 4.35. The van der Waals surface area contributed by atoms with E-state index in [0.717, 1.165) is 0 Å². The molecule has 5 rings (SSSR count). The highest BCUT2D eigenvalue weighted by Crippen LogP contribution is 2.32. The summed E-state index contributed by atoms with van der Waals surface area (Å²) in [6.45, 7) is 10.3. The Hall–Kier alpha value is -5.27. The molecule has 254 valence electrons. The van der Waals surface area contributed by atoms with Crippen LogP contribution in [0.15, 0.2) is 71.4 Å². The van der Waals surface area contributed by atoms with Gasteiger partial charge in [0.25, 0.3) is 0 Å². The van der Waals surface area contributed by atoms with E-state index in [0.29, 0.717) is 51.7 Å². The Balaban J connectivity index is 0.00000151. The van der Waals surface area contributed by atoms with Crippen molar-refractivity contribution in [3.8, 4) is 22.5 Å². The van der Waals surface area contributed by atoms with Gasteiger partial charge in [-0.2, -0.15) is 4.98 Å². The maximum atomic E-state index is 15.2. The third kappa shape index (κ3) is 9.39. The number of hydrogen-bond donors (Lipinski definition) is 4. The molecule has 0 aliphatic rings. The number of pyridine rings is 1. The van der Waals surface area contributed by atoms with Crippen molar-refractivity contribution in [3.63, 3.8) is 0 Å². The molecule has 2 aromatic carbocycles. The van der Waals surface area contributed by atoms with E-state index in [-0.39, 0.29) is 29.3 Å². The maximum Gasteiger partial charge on any atom is 0.315 e. The van der Waals surface area contributed by atoms with E-state index in [1.165, 1.54) is 19.2 Å². The summed E-state index contributed by atoms with van der Waals surface area (Å²) in [6.07, 6.45) is 4.88. The average Bonchev–Trinajstić information content (AvgIpc) is 3.75. The molecule has 5 N–H and O–H groups in total. The number of carbonyl (C=O) groups is 2. The van der Waals surface area contributed by atoms with Crippen LogP contribution in [0.5, 0.6) is 0 Å². The minimum atomic E-state index is -0.585. The third-order valence-electron chi connectivity index (χ3n) is 6.67. The molecule has 0 spiro atoms. The number of likely N-dealkylation sites (N-methyl/N-ethyl adjacent to an activating group) is 1. The number of nitrogens with one attached hydrogen (secondary N) is 3. The number of hydrogen-bond acceptors (Lipinski definition) is 9. The summed E-state index contributed by atoms with van der Waals surface area (Å²) in [5.74, 6) is -0.605. The Kier molecular flexibility index (Phi) is 13.2. The van der Waals surface area contributed by atoms with Crippen molar-refractivity contribution in [2.75, 3.05) is 33.0 Å². The molecular formula is C35H44FN9O3. The second-order valence-corrected chi connectivity index (χ2v) is 11.5. The number of halogens is 1. The first-order valence-electron chi connectivity index (χ1n) is 15.5. The number of H-pyrrole nitrogens is 1. The smallest absolute Gasteiger partial charge is 0.315 e. The van der Waals surface area contributed by atoms with Crippen LogP contribution >= 0.6 is 0 Å². The van der Waals surface area contributed by atoms with Gasteiger partial charge >= 0.3 is 11.8 Å². The summed E-state index contributed by atoms with van der Waals surface area (Å²) < 4.78 is 20.3. The van der Waals surface area contributed by atoms with Crippen molar-refractivity contribution in [2.24, 2.45) is 5.73 Å². The topological polar surface area (TPSA) is 168 Å². The van der Waals surface area contributed by atoms with Crippen molar-refractivity contribution in [1.29, 1.82) is 0 Å². The van der Waals surface area contributed by atoms with Crippen molar-refractivity contribution in [1.82, 2.24) is 35.3 Å². The fraction of sp³-hybridized carbons (Fsp3) is 0.314. The Morgan fingerprint density at radius 3 is 2.44 bits per heavy atom. The Morgan fingerprint density at radius 2 is 1.77 bits per heavy atom. The van der Waals surface area contributed by atoms with Gasteiger partial charge in [-0.1, -0.05) is 70.1 Å². The molecule has 3 heterocycles. The molecule has 0 radical (unpaired) electrons. The van der Waals surface area contributed by atoms with E-state index >= 15 is 4.39 Å². The molecule has 0 aliphatic carbocycles. The van der Waals surface area contributed by atoms with Gasteiger partial charge in [-0.05, 0) is 51.0 Å². The van der Waals surface area contributed by atoms with Crippen molar-refractivity contribution in [3.05, 3.63) is 90.0 Å². The predicted octanol–water partition coefficient (Wildman–Crippen LogP) is 5.70. The van der Waals surface area contributed by atoms with E-state index < -0.39 is 11.7 Å². The molecule has 0 aliphatic heterocycles. The van der Waals surface area contributed by atoms with Crippen LogP contribution in [0.1, 0.15) is 56.7 Å². The number of nitrogens with two attached hydrogens (primary N) is 1. The number of imidazole rings is 1. The molecule has 13 heteroatoms. The van der Waals surface area contributed by atoms with Crippen LogP contribution in [0.4, 0.5) is 10.1 Å². The van der Waals surface area contributed by atoms with Crippen molar-refractivity contribution < 1.29 is 18.5 Å². The molecule has 0 fully saturated rings. The lowest BCUT2D eigenvalue weighted by Gasteiger charge is -2.10. The highest BCUT2D eigenvalue weighted by Gasteiger charge is 2.24. The van der Waals surface area contributed by atoms with Gasteiger partial charge in [0.1, 0.15) is 11.6 Å². The van der Waals surface area contributed by atoms with E-state index in [2.05, 4.69) is 41.5 Å². The van der Waals surface area contributed by atoms with E-state index in [9.17, 15) is 9.59 Å². The zero-order valence-corrected chi connectivity index (χ0v) is 28.7. The molecule has 48 heavy (non-hydrogen) atoms. The zero-order chi connectivity index (χ0) is 35.4. The van der Waals surface area contributed by atoms with Crippen LogP contribution in [0, 0.1) is 5.82 Å². The SMILES string of the molecule is CC.CN.CN(C)C/C=C/C(=O)Nc1ccccc1-c1nc2nccc(-c3ccc(CNC(=O)c4nc(C(C)(C)C)no4)c(F)c3)c2[nH]1. The lowest BCUT2D eigenvalue weighted by molar-refractivity contribution is -0.111. The van der Waals surface area contributed by atoms with Gasteiger partial charge in [0, 0.05) is 47.5 Å². The molecule has 12 nitrogen and oxygen atoms in total. The highest BCUT2D eigenvalue weighted by molar-refractivity contribution is 6.02. The number of amides is 2. The molecule has 3 aromatic heterocycles. The molecule has 2 amide bonds. The first kappa shape index (κ1) is 37.2. The summed E-state index contributed by atoms with van der Waals surface area (Å²) in [5, 5.41) is 9.38. The summed E-state index contributed by atoms with van der Waals surface area (Å²) >= 11 is 0. The minimum absolute atomic E-state index is 0.0645. The standard InChI is InChI=1S/C32H33FN8O3.C2H6.CH5N/c1-32(2,3)31-39-30(44-40-31)29(43)35-18-20-13-12-19(17-23(20)33)21-14-15-34-28-26(21)37-27(38-28)22-9-6-7-10-24(22)36-25(42)11-8-16-41(4)5;2*1-2/h6-15,17H,16,18H2,1-5H3,(H,35,43)(H,36,42)(H,34,37,38);1-2H3;2H2,1H3/b11-8+;;. The van der Waals surface area contributed by atoms with Gasteiger partial charge in [0.2, 0.25) is 5.91 Å². The number of anilines is 1. The van der Waals surface area contributed by atoms with Crippen molar-refractivity contribution >= 4 is 28.7 Å². The van der Waals surface area contributed by atoms with Gasteiger partial charge in [-0.15, -0.1) is 0 Å². The Labute approximate surface area is 280 Å². The molecule has 5 aromatic rings. The number of para-hydroxylation sites is 1. The van der Waals surface area contributed by atoms with Crippen molar-refractivity contribution in [2.45, 2.75) is 46.6 Å². The van der Waals surface area contributed by atoms with Crippen LogP contribution in [0.2, 0.25) is 0 Å². The highest BCUT2D eigenvalue weighted by atomic mass is 19.1. The summed E-state index contributed by atoms with van der Waals surface area (Å²) in [5.41, 5.74) is 8.02. The molecular weight excluding hydrogens is 613 g/mol. The van der Waals surface area contributed by atoms with Crippen LogP contribution in [-0.2, 0) is 16.8 Å². The zero-order valence-electron chi connectivity index (χ0n) is 28.7. The Morgan fingerprint density at radius 1 is 1.04 bits per heavy atom. The third-order valence-corrected chi connectivity index (χ3v) is 6.67. The van der Waals surface area contributed by atoms with E-state index in [4.69, 9.17) is 4.52 Å². The molecule has 0 atom stereocenters. The van der Waals surface area contributed by atoms with Gasteiger partial charge in [-0.25, -0.2) is 14.4 Å². The monoisotopic (exact) mass is 657 g/mol. The summed E-state index contributed by atoms with van der Waals surface area (Å²) in [7, 11) is 5.34. The second kappa shape index (κ2) is 17.0. The first-order chi connectivity index (χ1) is 23.0. The lowest BCUT2D eigenvalue weighted by Crippen LogP contribution is -2.24. The number of aromatic amines is 1. The molecule has 0 saturated heterocycles. The number of nitrogens with zero attached hydrogens (tertiary/aromatic N) is 5. The van der Waals surface area contributed by atoms with Crippen LogP contribution < -0.4 is 16.4 Å². The van der Waals surface area contributed by atoms with Gasteiger partial charge in [0.05, 0.1) is 11.2 Å². The Bertz CT molecular complexity index is 1860. The predicted molar refractivity (Wildman–Crippen MR) is 187 cm³/mol. The molecule has 0 unspecified atom stereocenters. The summed E-state index contributed by atoms with van der Waals surface area (Å²) in [4.78, 5) is 43.4. The maximum absolute atomic E-state index is 15.2. The molecule has 0 bridgehead atoms. The number of rotatable bonds is 9. The van der Waals surface area contributed by atoms with Gasteiger partial charge in [0.15, 0.2) is 11.5 Å². The first-order valence-corrected chi connectivity index (χ1v) is 15.5. The lowest BCUT2D eigenvalue weighted by atomic mass is 9.96. The van der Waals surface area contributed by atoms with E-state index in [1.54, 1.807) is 36.5 Å². The normalized spacial score (nSPS) is 11.1. The van der Waals surface area contributed by atoms with Crippen LogP contribution in [0.3, 0.4) is 0 Å².